The highest BCUT2D eigenvalue weighted by Gasteiger charge is 2.15. The lowest BCUT2D eigenvalue weighted by Gasteiger charge is -2.13. The number of hydrogen-bond acceptors (Lipinski definition) is 6. The SMILES string of the molecule is Cl.Cl.N[C@H](Cc1ccccc1)c1nnc(NCCN2CCCC2)o1. The second kappa shape index (κ2) is 10.5. The zero-order valence-corrected chi connectivity index (χ0v) is 15.2. The molecule has 0 bridgehead atoms. The van der Waals surface area contributed by atoms with Gasteiger partial charge in [0.2, 0.25) is 5.89 Å². The third-order valence-corrected chi connectivity index (χ3v) is 3.96. The van der Waals surface area contributed by atoms with E-state index in [0.717, 1.165) is 18.7 Å². The zero-order valence-electron chi connectivity index (χ0n) is 13.6. The quantitative estimate of drug-likeness (QED) is 0.776. The van der Waals surface area contributed by atoms with Crippen LogP contribution in [0.4, 0.5) is 6.01 Å². The first-order chi connectivity index (χ1) is 10.8. The van der Waals surface area contributed by atoms with Crippen LogP contribution in [0.1, 0.15) is 30.3 Å². The first kappa shape index (κ1) is 20.7. The fourth-order valence-corrected chi connectivity index (χ4v) is 2.74. The number of nitrogens with one attached hydrogen (secondary N) is 1. The topological polar surface area (TPSA) is 80.2 Å². The summed E-state index contributed by atoms with van der Waals surface area (Å²) in [5, 5.41) is 11.2. The summed E-state index contributed by atoms with van der Waals surface area (Å²) >= 11 is 0. The van der Waals surface area contributed by atoms with Gasteiger partial charge in [0.15, 0.2) is 0 Å². The Kier molecular flexibility index (Phi) is 9.07. The molecule has 3 N–H and O–H groups in total. The number of benzene rings is 1. The molecule has 1 aliphatic heterocycles. The Bertz CT molecular complexity index is 575. The van der Waals surface area contributed by atoms with Gasteiger partial charge < -0.3 is 20.4 Å². The van der Waals surface area contributed by atoms with Crippen LogP contribution in [-0.4, -0.2) is 41.3 Å². The van der Waals surface area contributed by atoms with Crippen molar-refractivity contribution in [2.24, 2.45) is 5.73 Å². The van der Waals surface area contributed by atoms with Crippen LogP contribution < -0.4 is 11.1 Å². The molecule has 1 fully saturated rings. The summed E-state index contributed by atoms with van der Waals surface area (Å²) in [6, 6.07) is 10.3. The number of rotatable bonds is 7. The minimum Gasteiger partial charge on any atom is -0.406 e. The van der Waals surface area contributed by atoms with Crippen LogP contribution in [0.5, 0.6) is 0 Å². The average Bonchev–Trinajstić information content (AvgIpc) is 3.20. The Morgan fingerprint density at radius 2 is 1.83 bits per heavy atom. The number of aromatic nitrogens is 2. The highest BCUT2D eigenvalue weighted by molar-refractivity contribution is 5.85. The summed E-state index contributed by atoms with van der Waals surface area (Å²) < 4.78 is 5.61. The van der Waals surface area contributed by atoms with Gasteiger partial charge in [-0.05, 0) is 37.9 Å². The molecular weight excluding hydrogens is 349 g/mol. The highest BCUT2D eigenvalue weighted by Crippen LogP contribution is 2.16. The molecule has 1 atom stereocenters. The molecule has 1 aliphatic rings. The lowest BCUT2D eigenvalue weighted by molar-refractivity contribution is 0.351. The third kappa shape index (κ3) is 5.94. The van der Waals surface area contributed by atoms with Gasteiger partial charge in [-0.2, -0.15) is 0 Å². The third-order valence-electron chi connectivity index (χ3n) is 3.96. The van der Waals surface area contributed by atoms with Crippen LogP contribution in [0.25, 0.3) is 0 Å². The van der Waals surface area contributed by atoms with Gasteiger partial charge in [0.1, 0.15) is 0 Å². The van der Waals surface area contributed by atoms with E-state index in [0.29, 0.717) is 18.3 Å². The molecule has 24 heavy (non-hydrogen) atoms. The molecule has 1 aromatic carbocycles. The monoisotopic (exact) mass is 373 g/mol. The van der Waals surface area contributed by atoms with Gasteiger partial charge in [0.05, 0.1) is 6.04 Å². The molecule has 0 unspecified atom stereocenters. The maximum Gasteiger partial charge on any atom is 0.315 e. The van der Waals surface area contributed by atoms with Crippen LogP contribution in [0.2, 0.25) is 0 Å². The van der Waals surface area contributed by atoms with Crippen molar-refractivity contribution in [1.82, 2.24) is 15.1 Å². The first-order valence-corrected chi connectivity index (χ1v) is 7.90. The predicted molar refractivity (Wildman–Crippen MR) is 100 cm³/mol. The van der Waals surface area contributed by atoms with Crippen molar-refractivity contribution < 1.29 is 4.42 Å². The van der Waals surface area contributed by atoms with Crippen LogP contribution in [-0.2, 0) is 6.42 Å². The summed E-state index contributed by atoms with van der Waals surface area (Å²) in [5.74, 6) is 0.479. The van der Waals surface area contributed by atoms with Gasteiger partial charge in [0, 0.05) is 13.1 Å². The zero-order chi connectivity index (χ0) is 15.2. The van der Waals surface area contributed by atoms with E-state index in [1.807, 2.05) is 30.3 Å². The van der Waals surface area contributed by atoms with E-state index >= 15 is 0 Å². The van der Waals surface area contributed by atoms with Crippen molar-refractivity contribution in [1.29, 1.82) is 0 Å². The summed E-state index contributed by atoms with van der Waals surface area (Å²) in [4.78, 5) is 2.44. The van der Waals surface area contributed by atoms with Crippen molar-refractivity contribution in [2.75, 3.05) is 31.5 Å². The normalized spacial score (nSPS) is 15.4. The molecule has 8 heteroatoms. The minimum atomic E-state index is -0.274. The Labute approximate surface area is 155 Å². The predicted octanol–water partition coefficient (Wildman–Crippen LogP) is 2.66. The maximum atomic E-state index is 6.14. The molecule has 2 heterocycles. The van der Waals surface area contributed by atoms with Crippen molar-refractivity contribution in [3.8, 4) is 0 Å². The van der Waals surface area contributed by atoms with E-state index in [1.54, 1.807) is 0 Å². The van der Waals surface area contributed by atoms with Crippen molar-refractivity contribution in [3.05, 3.63) is 41.8 Å². The van der Waals surface area contributed by atoms with Gasteiger partial charge >= 0.3 is 6.01 Å². The number of hydrogen-bond donors (Lipinski definition) is 2. The molecule has 0 spiro atoms. The van der Waals surface area contributed by atoms with E-state index in [4.69, 9.17) is 10.2 Å². The second-order valence-corrected chi connectivity index (χ2v) is 5.72. The second-order valence-electron chi connectivity index (χ2n) is 5.72. The average molecular weight is 374 g/mol. The van der Waals surface area contributed by atoms with Gasteiger partial charge in [0.25, 0.3) is 0 Å². The van der Waals surface area contributed by atoms with Crippen LogP contribution in [0.3, 0.4) is 0 Å². The Morgan fingerprint density at radius 3 is 2.54 bits per heavy atom. The Morgan fingerprint density at radius 1 is 1.12 bits per heavy atom. The Hall–Kier alpha value is -1.34. The number of nitrogens with two attached hydrogens (primary N) is 1. The molecule has 0 radical (unpaired) electrons. The molecule has 2 aromatic rings. The van der Waals surface area contributed by atoms with Crippen LogP contribution in [0.15, 0.2) is 34.7 Å². The molecular formula is C16H25Cl2N5O. The van der Waals surface area contributed by atoms with Crippen molar-refractivity contribution >= 4 is 30.8 Å². The van der Waals surface area contributed by atoms with Crippen molar-refractivity contribution in [3.63, 3.8) is 0 Å². The van der Waals surface area contributed by atoms with E-state index in [9.17, 15) is 0 Å². The molecule has 1 aromatic heterocycles. The summed E-state index contributed by atoms with van der Waals surface area (Å²) in [5.41, 5.74) is 7.30. The molecule has 6 nitrogen and oxygen atoms in total. The largest absolute Gasteiger partial charge is 0.406 e. The summed E-state index contributed by atoms with van der Waals surface area (Å²) in [6.07, 6.45) is 3.30. The molecule has 3 rings (SSSR count). The molecule has 0 amide bonds. The summed E-state index contributed by atoms with van der Waals surface area (Å²) in [7, 11) is 0. The Balaban J connectivity index is 0.00000144. The minimum absolute atomic E-state index is 0. The molecule has 1 saturated heterocycles. The van der Waals surface area contributed by atoms with Crippen LogP contribution >= 0.6 is 24.8 Å². The number of nitrogens with zero attached hydrogens (tertiary/aromatic N) is 3. The van der Waals surface area contributed by atoms with Crippen molar-refractivity contribution in [2.45, 2.75) is 25.3 Å². The smallest absolute Gasteiger partial charge is 0.315 e. The fourth-order valence-electron chi connectivity index (χ4n) is 2.74. The first-order valence-electron chi connectivity index (χ1n) is 7.90. The lowest BCUT2D eigenvalue weighted by Crippen LogP contribution is -2.26. The van der Waals surface area contributed by atoms with Gasteiger partial charge in [-0.15, -0.1) is 29.9 Å². The summed E-state index contributed by atoms with van der Waals surface area (Å²) in [6.45, 7) is 4.21. The molecule has 134 valence electrons. The number of likely N-dealkylation sites (tertiary alicyclic amines) is 1. The van der Waals surface area contributed by atoms with Gasteiger partial charge in [-0.1, -0.05) is 35.4 Å². The van der Waals surface area contributed by atoms with E-state index in [-0.39, 0.29) is 30.9 Å². The number of halogens is 2. The lowest BCUT2D eigenvalue weighted by atomic mass is 10.1. The van der Waals surface area contributed by atoms with E-state index in [2.05, 4.69) is 20.4 Å². The number of anilines is 1. The molecule has 0 saturated carbocycles. The maximum absolute atomic E-state index is 6.14. The van der Waals surface area contributed by atoms with Gasteiger partial charge in [-0.25, -0.2) is 0 Å². The fraction of sp³-hybridized carbons (Fsp3) is 0.500. The van der Waals surface area contributed by atoms with E-state index in [1.165, 1.54) is 25.9 Å². The standard InChI is InChI=1S/C16H23N5O.2ClH/c17-14(12-13-6-2-1-3-7-13)15-19-20-16(22-15)18-8-11-21-9-4-5-10-21;;/h1-3,6-7,14H,4-5,8-12,17H2,(H,18,20);2*1H/t14-;;/m1../s1. The van der Waals surface area contributed by atoms with E-state index < -0.39 is 0 Å². The van der Waals surface area contributed by atoms with Crippen LogP contribution in [0, 0.1) is 0 Å². The van der Waals surface area contributed by atoms with Gasteiger partial charge in [-0.3, -0.25) is 0 Å². The highest BCUT2D eigenvalue weighted by atomic mass is 35.5. The molecule has 0 aliphatic carbocycles.